The lowest BCUT2D eigenvalue weighted by Crippen LogP contribution is -1.97. The van der Waals surface area contributed by atoms with Crippen molar-refractivity contribution in [1.29, 1.82) is 0 Å². The van der Waals surface area contributed by atoms with Crippen molar-refractivity contribution in [3.8, 4) is 0 Å². The summed E-state index contributed by atoms with van der Waals surface area (Å²) in [4.78, 5) is 36.8. The maximum Gasteiger partial charge on any atom is 0.335 e. The number of carboxylic acids is 2. The minimum atomic E-state index is -0.957. The molecule has 2 aromatic heterocycles. The predicted molar refractivity (Wildman–Crippen MR) is 122 cm³/mol. The third-order valence-corrected chi connectivity index (χ3v) is 4.23. The Balaban J connectivity index is 0.000000186. The van der Waals surface area contributed by atoms with Crippen molar-refractivity contribution in [1.82, 2.24) is 19.9 Å². The number of aromatic carboxylic acids is 2. The Morgan fingerprint density at radius 2 is 1.21 bits per heavy atom. The molecule has 0 aliphatic rings. The molecule has 0 unspecified atom stereocenters. The minimum Gasteiger partial charge on any atom is -0.478 e. The van der Waals surface area contributed by atoms with Crippen molar-refractivity contribution < 1.29 is 19.8 Å². The molecule has 4 N–H and O–H groups in total. The molecule has 11 heteroatoms. The number of rotatable bonds is 6. The number of nitrogens with zero attached hydrogens (tertiary/aromatic N) is 4. The smallest absolute Gasteiger partial charge is 0.335 e. The van der Waals surface area contributed by atoms with E-state index in [0.717, 1.165) is 11.4 Å². The summed E-state index contributed by atoms with van der Waals surface area (Å²) in [6, 6.07) is 16.1. The van der Waals surface area contributed by atoms with E-state index in [9.17, 15) is 9.59 Å². The van der Waals surface area contributed by atoms with Crippen LogP contribution in [0, 0.1) is 0 Å². The molecule has 33 heavy (non-hydrogen) atoms. The van der Waals surface area contributed by atoms with Gasteiger partial charge in [-0.05, 0) is 54.6 Å². The van der Waals surface area contributed by atoms with Crippen molar-refractivity contribution in [2.24, 2.45) is 0 Å². The first kappa shape index (κ1) is 23.1. The van der Waals surface area contributed by atoms with Crippen LogP contribution in [0.1, 0.15) is 20.7 Å². The zero-order valence-electron chi connectivity index (χ0n) is 16.9. The highest BCUT2D eigenvalue weighted by Crippen LogP contribution is 2.17. The highest BCUT2D eigenvalue weighted by atomic mass is 35.5. The fourth-order valence-electron chi connectivity index (χ4n) is 2.45. The van der Waals surface area contributed by atoms with Gasteiger partial charge in [-0.15, -0.1) is 0 Å². The first-order chi connectivity index (χ1) is 15.9. The van der Waals surface area contributed by atoms with Crippen LogP contribution in [0.15, 0.2) is 79.5 Å². The largest absolute Gasteiger partial charge is 0.478 e. The molecule has 2 heterocycles. The highest BCUT2D eigenvalue weighted by Gasteiger charge is 2.03. The van der Waals surface area contributed by atoms with E-state index in [2.05, 4.69) is 30.6 Å². The molecule has 2 aromatic carbocycles. The zero-order chi connectivity index (χ0) is 23.6. The molecule has 0 atom stereocenters. The monoisotopic (exact) mass is 464 g/mol. The molecule has 0 saturated heterocycles. The van der Waals surface area contributed by atoms with E-state index in [4.69, 9.17) is 21.8 Å². The lowest BCUT2D eigenvalue weighted by Gasteiger charge is -2.05. The van der Waals surface area contributed by atoms with Gasteiger partial charge < -0.3 is 20.8 Å². The van der Waals surface area contributed by atoms with Gasteiger partial charge in [-0.25, -0.2) is 29.5 Å². The molecular formula is C22H17ClN6O4. The molecule has 0 bridgehead atoms. The standard InChI is InChI=1S/C11H8ClN3O2.C11H9N3O2/c12-9-5-10(14-6-13-9)15-8-3-1-7(2-4-8)11(16)17;15-11(16)8-1-3-9(4-2-8)14-10-5-6-12-7-13-10/h1-6H,(H,16,17)(H,13,14,15);1-7H,(H,15,16)(H,12,13,14). The Kier molecular flexibility index (Phi) is 7.81. The maximum atomic E-state index is 10.7. The lowest BCUT2D eigenvalue weighted by molar-refractivity contribution is 0.0686. The fourth-order valence-corrected chi connectivity index (χ4v) is 2.60. The molecular weight excluding hydrogens is 448 g/mol. The number of aromatic nitrogens is 4. The van der Waals surface area contributed by atoms with Crippen molar-refractivity contribution in [3.05, 3.63) is 95.8 Å². The number of carbonyl (C=O) groups is 2. The van der Waals surface area contributed by atoms with Gasteiger partial charge in [0, 0.05) is 23.6 Å². The van der Waals surface area contributed by atoms with Crippen molar-refractivity contribution >= 4 is 46.6 Å². The molecule has 0 saturated carbocycles. The van der Waals surface area contributed by atoms with Crippen LogP contribution in [0.4, 0.5) is 23.0 Å². The van der Waals surface area contributed by atoms with Crippen molar-refractivity contribution in [2.45, 2.75) is 0 Å². The number of carboxylic acid groups (broad SMARTS) is 2. The molecule has 0 amide bonds. The number of benzene rings is 2. The average molecular weight is 465 g/mol. The van der Waals surface area contributed by atoms with Crippen LogP contribution >= 0.6 is 11.6 Å². The normalized spacial score (nSPS) is 9.85. The van der Waals surface area contributed by atoms with Gasteiger partial charge in [0.25, 0.3) is 0 Å². The Bertz CT molecular complexity index is 1220. The van der Waals surface area contributed by atoms with Gasteiger partial charge in [0.05, 0.1) is 11.1 Å². The molecule has 4 aromatic rings. The van der Waals surface area contributed by atoms with Crippen LogP contribution in [-0.4, -0.2) is 42.1 Å². The summed E-state index contributed by atoms with van der Waals surface area (Å²) >= 11 is 5.71. The van der Waals surface area contributed by atoms with E-state index in [-0.39, 0.29) is 11.1 Å². The van der Waals surface area contributed by atoms with E-state index in [0.29, 0.717) is 16.8 Å². The van der Waals surface area contributed by atoms with Crippen LogP contribution in [0.25, 0.3) is 0 Å². The van der Waals surface area contributed by atoms with E-state index in [1.807, 2.05) is 0 Å². The number of hydrogen-bond donors (Lipinski definition) is 4. The van der Waals surface area contributed by atoms with Gasteiger partial charge in [0.2, 0.25) is 0 Å². The minimum absolute atomic E-state index is 0.233. The summed E-state index contributed by atoms with van der Waals surface area (Å²) in [5.74, 6) is -0.679. The number of nitrogens with one attached hydrogen (secondary N) is 2. The molecule has 4 rings (SSSR count). The summed E-state index contributed by atoms with van der Waals surface area (Å²) in [6.07, 6.45) is 4.41. The van der Waals surface area contributed by atoms with Gasteiger partial charge in [-0.2, -0.15) is 0 Å². The molecule has 0 radical (unpaired) electrons. The van der Waals surface area contributed by atoms with E-state index < -0.39 is 11.9 Å². The van der Waals surface area contributed by atoms with Crippen LogP contribution in [0.5, 0.6) is 0 Å². The summed E-state index contributed by atoms with van der Waals surface area (Å²) in [7, 11) is 0. The number of hydrogen-bond acceptors (Lipinski definition) is 8. The summed E-state index contributed by atoms with van der Waals surface area (Å²) < 4.78 is 0. The van der Waals surface area contributed by atoms with Gasteiger partial charge >= 0.3 is 11.9 Å². The molecule has 0 aliphatic heterocycles. The molecule has 10 nitrogen and oxygen atoms in total. The summed E-state index contributed by atoms with van der Waals surface area (Å²) in [5, 5.41) is 23.8. The van der Waals surface area contributed by atoms with Crippen LogP contribution in [0.3, 0.4) is 0 Å². The zero-order valence-corrected chi connectivity index (χ0v) is 17.6. The molecule has 0 aliphatic carbocycles. The van der Waals surface area contributed by atoms with Crippen molar-refractivity contribution in [3.63, 3.8) is 0 Å². The molecule has 166 valence electrons. The Labute approximate surface area is 193 Å². The maximum absolute atomic E-state index is 10.7. The third kappa shape index (κ3) is 7.26. The van der Waals surface area contributed by atoms with Crippen LogP contribution in [0.2, 0.25) is 5.15 Å². The highest BCUT2D eigenvalue weighted by molar-refractivity contribution is 6.29. The Morgan fingerprint density at radius 3 is 1.67 bits per heavy atom. The first-order valence-electron chi connectivity index (χ1n) is 9.35. The van der Waals surface area contributed by atoms with Gasteiger partial charge in [0.1, 0.15) is 29.4 Å². The van der Waals surface area contributed by atoms with Crippen molar-refractivity contribution in [2.75, 3.05) is 10.6 Å². The lowest BCUT2D eigenvalue weighted by atomic mass is 10.2. The Morgan fingerprint density at radius 1 is 0.697 bits per heavy atom. The first-order valence-corrected chi connectivity index (χ1v) is 9.73. The molecule has 0 fully saturated rings. The second kappa shape index (κ2) is 11.2. The number of anilines is 4. The topological polar surface area (TPSA) is 150 Å². The van der Waals surface area contributed by atoms with Gasteiger partial charge in [-0.3, -0.25) is 0 Å². The summed E-state index contributed by atoms with van der Waals surface area (Å²) in [6.45, 7) is 0. The van der Waals surface area contributed by atoms with Gasteiger partial charge in [-0.1, -0.05) is 11.6 Å². The average Bonchev–Trinajstić information content (AvgIpc) is 2.81. The SMILES string of the molecule is O=C(O)c1ccc(Nc2cc(Cl)ncn2)cc1.O=C(O)c1ccc(Nc2ccncn2)cc1. The Hall–Kier alpha value is -4.57. The van der Waals surface area contributed by atoms with E-state index in [1.54, 1.807) is 42.6 Å². The van der Waals surface area contributed by atoms with Crippen LogP contribution < -0.4 is 10.6 Å². The number of halogens is 1. The second-order valence-electron chi connectivity index (χ2n) is 6.34. The van der Waals surface area contributed by atoms with Gasteiger partial charge in [0.15, 0.2) is 0 Å². The van der Waals surface area contributed by atoms with E-state index >= 15 is 0 Å². The quantitative estimate of drug-likeness (QED) is 0.300. The fraction of sp³-hybridized carbons (Fsp3) is 0. The second-order valence-corrected chi connectivity index (χ2v) is 6.72. The van der Waals surface area contributed by atoms with E-state index in [1.165, 1.54) is 36.9 Å². The third-order valence-electron chi connectivity index (χ3n) is 4.02. The van der Waals surface area contributed by atoms with Crippen LogP contribution in [-0.2, 0) is 0 Å². The predicted octanol–water partition coefficient (Wildman–Crippen LogP) is 4.49. The molecule has 0 spiro atoms. The summed E-state index contributed by atoms with van der Waals surface area (Å²) in [5.41, 5.74) is 2.00.